The van der Waals surface area contributed by atoms with Gasteiger partial charge in [-0.3, -0.25) is 0 Å². The lowest BCUT2D eigenvalue weighted by molar-refractivity contribution is 0.602. The smallest absolute Gasteiger partial charge is 0.151 e. The van der Waals surface area contributed by atoms with Crippen LogP contribution >= 0.6 is 11.8 Å². The van der Waals surface area contributed by atoms with Gasteiger partial charge in [-0.1, -0.05) is 6.92 Å². The van der Waals surface area contributed by atoms with Gasteiger partial charge in [-0.25, -0.2) is 8.42 Å². The van der Waals surface area contributed by atoms with Crippen molar-refractivity contribution in [1.29, 1.82) is 0 Å². The number of rotatable bonds is 3. The standard InChI is InChI=1S/C7H14O2S2/c1-2-4-10-7-3-5-11(8,9)6-7/h7H,2-6H2,1H3. The highest BCUT2D eigenvalue weighted by atomic mass is 32.2. The maximum Gasteiger partial charge on any atom is 0.151 e. The molecule has 0 aromatic heterocycles. The molecule has 1 heterocycles. The lowest BCUT2D eigenvalue weighted by Gasteiger charge is -2.04. The zero-order chi connectivity index (χ0) is 8.32. The summed E-state index contributed by atoms with van der Waals surface area (Å²) in [4.78, 5) is 0. The van der Waals surface area contributed by atoms with E-state index in [1.54, 1.807) is 0 Å². The van der Waals surface area contributed by atoms with Gasteiger partial charge < -0.3 is 0 Å². The Morgan fingerprint density at radius 2 is 2.27 bits per heavy atom. The minimum atomic E-state index is -2.65. The van der Waals surface area contributed by atoms with Crippen molar-refractivity contribution >= 4 is 21.6 Å². The van der Waals surface area contributed by atoms with Crippen molar-refractivity contribution in [2.75, 3.05) is 17.3 Å². The molecule has 11 heavy (non-hydrogen) atoms. The van der Waals surface area contributed by atoms with Gasteiger partial charge in [-0.15, -0.1) is 0 Å². The molecule has 0 saturated carbocycles. The van der Waals surface area contributed by atoms with Crippen molar-refractivity contribution in [3.05, 3.63) is 0 Å². The summed E-state index contributed by atoms with van der Waals surface area (Å²) < 4.78 is 22.0. The van der Waals surface area contributed by atoms with E-state index in [0.29, 0.717) is 16.8 Å². The molecule has 1 fully saturated rings. The monoisotopic (exact) mass is 194 g/mol. The summed E-state index contributed by atoms with van der Waals surface area (Å²) in [6.45, 7) is 2.12. The van der Waals surface area contributed by atoms with Gasteiger partial charge in [0.05, 0.1) is 11.5 Å². The summed E-state index contributed by atoms with van der Waals surface area (Å²) in [7, 11) is -2.65. The number of hydrogen-bond acceptors (Lipinski definition) is 3. The van der Waals surface area contributed by atoms with E-state index < -0.39 is 9.84 Å². The average molecular weight is 194 g/mol. The van der Waals surface area contributed by atoms with E-state index in [0.717, 1.165) is 18.6 Å². The molecule has 0 N–H and O–H groups in total. The molecule has 4 heteroatoms. The highest BCUT2D eigenvalue weighted by molar-refractivity contribution is 8.01. The Kier molecular flexibility index (Phi) is 3.25. The lowest BCUT2D eigenvalue weighted by atomic mass is 10.4. The number of sulfone groups is 1. The molecule has 1 saturated heterocycles. The van der Waals surface area contributed by atoms with Crippen molar-refractivity contribution < 1.29 is 8.42 Å². The van der Waals surface area contributed by atoms with E-state index >= 15 is 0 Å². The maximum atomic E-state index is 11.0. The van der Waals surface area contributed by atoms with Gasteiger partial charge in [0.15, 0.2) is 9.84 Å². The fourth-order valence-corrected chi connectivity index (χ4v) is 4.73. The molecular formula is C7H14O2S2. The van der Waals surface area contributed by atoms with Crippen molar-refractivity contribution in [2.24, 2.45) is 0 Å². The Morgan fingerprint density at radius 1 is 1.55 bits per heavy atom. The second kappa shape index (κ2) is 3.81. The lowest BCUT2D eigenvalue weighted by Crippen LogP contribution is -2.06. The molecule has 1 unspecified atom stereocenters. The first kappa shape index (κ1) is 9.39. The van der Waals surface area contributed by atoms with Crippen LogP contribution in [0.15, 0.2) is 0 Å². The Labute approximate surface area is 72.7 Å². The molecule has 2 nitrogen and oxygen atoms in total. The van der Waals surface area contributed by atoms with Crippen molar-refractivity contribution in [3.8, 4) is 0 Å². The first-order valence-corrected chi connectivity index (χ1v) is 6.83. The summed E-state index contributed by atoms with van der Waals surface area (Å²) in [6, 6.07) is 0. The Morgan fingerprint density at radius 3 is 2.73 bits per heavy atom. The molecule has 1 rings (SSSR count). The van der Waals surface area contributed by atoms with Gasteiger partial charge in [0.2, 0.25) is 0 Å². The minimum absolute atomic E-state index is 0.389. The Balaban J connectivity index is 2.31. The first-order valence-electron chi connectivity index (χ1n) is 3.96. The SMILES string of the molecule is CCCSC1CCS(=O)(=O)C1. The molecule has 0 amide bonds. The van der Waals surface area contributed by atoms with E-state index in [9.17, 15) is 8.42 Å². The molecular weight excluding hydrogens is 180 g/mol. The molecule has 1 aliphatic heterocycles. The van der Waals surface area contributed by atoms with Gasteiger partial charge in [-0.05, 0) is 18.6 Å². The third-order valence-corrected chi connectivity index (χ3v) is 5.25. The highest BCUT2D eigenvalue weighted by Gasteiger charge is 2.27. The molecule has 0 aliphatic carbocycles. The number of thioether (sulfide) groups is 1. The molecule has 66 valence electrons. The second-order valence-corrected chi connectivity index (χ2v) is 6.53. The Hall–Kier alpha value is 0.300. The van der Waals surface area contributed by atoms with Gasteiger partial charge >= 0.3 is 0 Å². The molecule has 0 aromatic rings. The maximum absolute atomic E-state index is 11.0. The predicted molar refractivity (Wildman–Crippen MR) is 49.8 cm³/mol. The summed E-state index contributed by atoms with van der Waals surface area (Å²) >= 11 is 1.81. The highest BCUT2D eigenvalue weighted by Crippen LogP contribution is 2.24. The quantitative estimate of drug-likeness (QED) is 0.679. The minimum Gasteiger partial charge on any atom is -0.229 e. The number of hydrogen-bond donors (Lipinski definition) is 0. The molecule has 0 bridgehead atoms. The van der Waals surface area contributed by atoms with Crippen LogP contribution in [0.1, 0.15) is 19.8 Å². The second-order valence-electron chi connectivity index (χ2n) is 2.90. The molecule has 0 aromatic carbocycles. The van der Waals surface area contributed by atoms with Gasteiger partial charge in [-0.2, -0.15) is 11.8 Å². The zero-order valence-corrected chi connectivity index (χ0v) is 8.38. The molecule has 1 atom stereocenters. The molecule has 1 aliphatic rings. The predicted octanol–water partition coefficient (Wildman–Crippen LogP) is 1.32. The van der Waals surface area contributed by atoms with Crippen molar-refractivity contribution in [2.45, 2.75) is 25.0 Å². The van der Waals surface area contributed by atoms with Crippen LogP contribution < -0.4 is 0 Å². The van der Waals surface area contributed by atoms with Gasteiger partial charge in [0.25, 0.3) is 0 Å². The van der Waals surface area contributed by atoms with E-state index in [1.165, 1.54) is 0 Å². The topological polar surface area (TPSA) is 34.1 Å². The normalized spacial score (nSPS) is 29.0. The van der Waals surface area contributed by atoms with Crippen LogP contribution in [0.2, 0.25) is 0 Å². The molecule has 0 radical (unpaired) electrons. The van der Waals surface area contributed by atoms with Crippen molar-refractivity contribution in [1.82, 2.24) is 0 Å². The van der Waals surface area contributed by atoms with Crippen LogP contribution in [0.4, 0.5) is 0 Å². The summed E-state index contributed by atoms with van der Waals surface area (Å²) in [5.74, 6) is 1.92. The van der Waals surface area contributed by atoms with Crippen LogP contribution in [0, 0.1) is 0 Å². The van der Waals surface area contributed by atoms with Gasteiger partial charge in [0.1, 0.15) is 0 Å². The fraction of sp³-hybridized carbons (Fsp3) is 1.00. The van der Waals surface area contributed by atoms with Crippen LogP contribution in [0.3, 0.4) is 0 Å². The zero-order valence-electron chi connectivity index (χ0n) is 6.75. The summed E-state index contributed by atoms with van der Waals surface area (Å²) in [5.41, 5.74) is 0. The fourth-order valence-electron chi connectivity index (χ4n) is 1.18. The van der Waals surface area contributed by atoms with Crippen LogP contribution in [-0.4, -0.2) is 30.9 Å². The van der Waals surface area contributed by atoms with Crippen LogP contribution in [-0.2, 0) is 9.84 Å². The first-order chi connectivity index (χ1) is 5.14. The van der Waals surface area contributed by atoms with E-state index in [1.807, 2.05) is 11.8 Å². The van der Waals surface area contributed by atoms with E-state index in [-0.39, 0.29) is 0 Å². The van der Waals surface area contributed by atoms with Crippen LogP contribution in [0.5, 0.6) is 0 Å². The summed E-state index contributed by atoms with van der Waals surface area (Å²) in [5, 5.41) is 0.389. The Bertz CT molecular complexity index is 208. The molecule has 0 spiro atoms. The van der Waals surface area contributed by atoms with E-state index in [2.05, 4.69) is 6.92 Å². The van der Waals surface area contributed by atoms with Crippen molar-refractivity contribution in [3.63, 3.8) is 0 Å². The van der Waals surface area contributed by atoms with E-state index in [4.69, 9.17) is 0 Å². The van der Waals surface area contributed by atoms with Crippen LogP contribution in [0.25, 0.3) is 0 Å². The average Bonchev–Trinajstić information content (AvgIpc) is 2.26. The van der Waals surface area contributed by atoms with Gasteiger partial charge in [0, 0.05) is 5.25 Å². The third kappa shape index (κ3) is 3.03. The summed E-state index contributed by atoms with van der Waals surface area (Å²) in [6.07, 6.45) is 2.01. The largest absolute Gasteiger partial charge is 0.229 e. The third-order valence-electron chi connectivity index (χ3n) is 1.75.